The molecule has 3 aromatic rings. The zero-order chi connectivity index (χ0) is 21.3. The zero-order valence-corrected chi connectivity index (χ0v) is 16.9. The van der Waals surface area contributed by atoms with Gasteiger partial charge in [0.05, 0.1) is 12.7 Å². The molecular weight excluding hydrogens is 380 g/mol. The molecule has 0 saturated carbocycles. The smallest absolute Gasteiger partial charge is 0.319 e. The minimum atomic E-state index is -0.293. The number of nitrogens with zero attached hydrogens (tertiary/aromatic N) is 1. The average Bonchev–Trinajstić information content (AvgIpc) is 2.77. The van der Waals surface area contributed by atoms with E-state index < -0.39 is 0 Å². The van der Waals surface area contributed by atoms with E-state index in [1.54, 1.807) is 44.5 Å². The van der Waals surface area contributed by atoms with Gasteiger partial charge in [-0.15, -0.1) is 0 Å². The molecule has 2 aromatic carbocycles. The van der Waals surface area contributed by atoms with Crippen LogP contribution in [0.4, 0.5) is 10.5 Å². The number of nitrogens with one attached hydrogen (secondary N) is 3. The van der Waals surface area contributed by atoms with E-state index >= 15 is 0 Å². The number of aryl methyl sites for hydroxylation is 1. The Balaban J connectivity index is 1.46. The van der Waals surface area contributed by atoms with Gasteiger partial charge in [-0.2, -0.15) is 0 Å². The summed E-state index contributed by atoms with van der Waals surface area (Å²) >= 11 is 0. The first-order valence-electron chi connectivity index (χ1n) is 9.51. The van der Waals surface area contributed by atoms with Crippen LogP contribution >= 0.6 is 0 Å². The summed E-state index contributed by atoms with van der Waals surface area (Å²) in [7, 11) is 1.61. The van der Waals surface area contributed by atoms with Gasteiger partial charge in [0.25, 0.3) is 5.91 Å². The van der Waals surface area contributed by atoms with Crippen molar-refractivity contribution in [2.24, 2.45) is 0 Å². The highest BCUT2D eigenvalue weighted by molar-refractivity contribution is 5.95. The summed E-state index contributed by atoms with van der Waals surface area (Å²) < 4.78 is 5.12. The predicted octanol–water partition coefficient (Wildman–Crippen LogP) is 3.65. The second-order valence-electron chi connectivity index (χ2n) is 6.67. The number of carbonyl (C=O) groups excluding carboxylic acids is 2. The summed E-state index contributed by atoms with van der Waals surface area (Å²) in [6.45, 7) is 2.60. The van der Waals surface area contributed by atoms with Gasteiger partial charge in [-0.25, -0.2) is 4.79 Å². The van der Waals surface area contributed by atoms with Crippen LogP contribution in [0, 0.1) is 6.92 Å². The highest BCUT2D eigenvalue weighted by Gasteiger charge is 2.09. The lowest BCUT2D eigenvalue weighted by atomic mass is 10.1. The molecule has 30 heavy (non-hydrogen) atoms. The van der Waals surface area contributed by atoms with Crippen LogP contribution in [0.1, 0.15) is 27.2 Å². The van der Waals surface area contributed by atoms with Crippen LogP contribution in [0.25, 0.3) is 0 Å². The van der Waals surface area contributed by atoms with E-state index in [0.717, 1.165) is 16.9 Å². The number of rotatable bonds is 7. The molecule has 0 saturated heterocycles. The van der Waals surface area contributed by atoms with E-state index in [0.29, 0.717) is 30.0 Å². The number of hydrogen-bond acceptors (Lipinski definition) is 4. The molecule has 0 bridgehead atoms. The molecule has 0 radical (unpaired) electrons. The summed E-state index contributed by atoms with van der Waals surface area (Å²) in [5.41, 5.74) is 3.81. The monoisotopic (exact) mass is 404 g/mol. The van der Waals surface area contributed by atoms with Gasteiger partial charge >= 0.3 is 6.03 Å². The van der Waals surface area contributed by atoms with Crippen molar-refractivity contribution in [3.8, 4) is 5.75 Å². The molecule has 3 N–H and O–H groups in total. The van der Waals surface area contributed by atoms with Crippen molar-refractivity contribution in [1.29, 1.82) is 0 Å². The summed E-state index contributed by atoms with van der Waals surface area (Å²) in [5.74, 6) is 0.607. The third-order valence-corrected chi connectivity index (χ3v) is 4.53. The van der Waals surface area contributed by atoms with E-state index in [9.17, 15) is 9.59 Å². The van der Waals surface area contributed by atoms with Crippen molar-refractivity contribution in [2.75, 3.05) is 12.4 Å². The molecule has 0 fully saturated rings. The molecule has 0 aliphatic rings. The lowest BCUT2D eigenvalue weighted by Crippen LogP contribution is -2.28. The number of ether oxygens (including phenoxy) is 1. The number of benzene rings is 2. The van der Waals surface area contributed by atoms with Gasteiger partial charge in [0.1, 0.15) is 5.75 Å². The van der Waals surface area contributed by atoms with Crippen LogP contribution in [0.3, 0.4) is 0 Å². The molecule has 0 atom stereocenters. The van der Waals surface area contributed by atoms with Gasteiger partial charge in [-0.1, -0.05) is 24.3 Å². The Hall–Kier alpha value is -3.87. The fourth-order valence-electron chi connectivity index (χ4n) is 2.81. The van der Waals surface area contributed by atoms with Crippen LogP contribution in [-0.2, 0) is 13.1 Å². The van der Waals surface area contributed by atoms with Crippen molar-refractivity contribution in [1.82, 2.24) is 15.6 Å². The number of urea groups is 1. The van der Waals surface area contributed by atoms with Crippen molar-refractivity contribution < 1.29 is 14.3 Å². The Kier molecular flexibility index (Phi) is 7.00. The molecule has 1 aromatic heterocycles. The fraction of sp³-hybridized carbons (Fsp3) is 0.174. The number of anilines is 1. The second kappa shape index (κ2) is 10.1. The number of methoxy groups -OCH3 is 1. The van der Waals surface area contributed by atoms with Crippen molar-refractivity contribution in [2.45, 2.75) is 20.0 Å². The Morgan fingerprint density at radius 3 is 2.17 bits per heavy atom. The van der Waals surface area contributed by atoms with Crippen molar-refractivity contribution >= 4 is 17.6 Å². The Morgan fingerprint density at radius 1 is 0.900 bits per heavy atom. The number of hydrogen-bond donors (Lipinski definition) is 3. The zero-order valence-electron chi connectivity index (χ0n) is 16.9. The van der Waals surface area contributed by atoms with Gasteiger partial charge in [0.15, 0.2) is 0 Å². The SMILES string of the molecule is COc1ccc(CNC(=O)Nc2ccc(CNC(=O)c3cccnc3C)cc2)cc1. The standard InChI is InChI=1S/C23H24N4O3/c1-16-21(4-3-13-24-16)22(28)25-14-17-5-9-19(10-6-17)27-23(29)26-15-18-7-11-20(30-2)12-8-18/h3-13H,14-15H2,1-2H3,(H,25,28)(H2,26,27,29). The molecule has 0 spiro atoms. The topological polar surface area (TPSA) is 92.4 Å². The van der Waals surface area contributed by atoms with Gasteiger partial charge < -0.3 is 20.7 Å². The van der Waals surface area contributed by atoms with Crippen molar-refractivity contribution in [3.05, 3.63) is 89.2 Å². The van der Waals surface area contributed by atoms with Gasteiger partial charge in [-0.05, 0) is 54.4 Å². The molecule has 154 valence electrons. The van der Waals surface area contributed by atoms with Crippen LogP contribution < -0.4 is 20.7 Å². The van der Waals surface area contributed by atoms with Crippen molar-refractivity contribution in [3.63, 3.8) is 0 Å². The maximum atomic E-state index is 12.3. The molecule has 0 aliphatic heterocycles. The molecule has 1 heterocycles. The third kappa shape index (κ3) is 5.81. The van der Waals surface area contributed by atoms with Crippen LogP contribution in [0.15, 0.2) is 66.9 Å². The molecular formula is C23H24N4O3. The first kappa shape index (κ1) is 20.9. The van der Waals surface area contributed by atoms with Gasteiger partial charge in [0.2, 0.25) is 0 Å². The fourth-order valence-corrected chi connectivity index (χ4v) is 2.81. The molecule has 7 nitrogen and oxygen atoms in total. The maximum Gasteiger partial charge on any atom is 0.319 e. The highest BCUT2D eigenvalue weighted by Crippen LogP contribution is 2.12. The van der Waals surface area contributed by atoms with E-state index in [2.05, 4.69) is 20.9 Å². The third-order valence-electron chi connectivity index (χ3n) is 4.53. The maximum absolute atomic E-state index is 12.3. The highest BCUT2D eigenvalue weighted by atomic mass is 16.5. The summed E-state index contributed by atoms with van der Waals surface area (Å²) in [6.07, 6.45) is 1.66. The predicted molar refractivity (Wildman–Crippen MR) is 115 cm³/mol. The van der Waals surface area contributed by atoms with E-state index in [4.69, 9.17) is 4.74 Å². The summed E-state index contributed by atoms with van der Waals surface area (Å²) in [5, 5.41) is 8.47. The molecule has 7 heteroatoms. The second-order valence-corrected chi connectivity index (χ2v) is 6.67. The Bertz CT molecular complexity index is 1000. The van der Waals surface area contributed by atoms with Crippen LogP contribution in [-0.4, -0.2) is 24.0 Å². The van der Waals surface area contributed by atoms with Crippen LogP contribution in [0.5, 0.6) is 5.75 Å². The lowest BCUT2D eigenvalue weighted by molar-refractivity contribution is 0.0950. The minimum Gasteiger partial charge on any atom is -0.497 e. The average molecular weight is 404 g/mol. The molecule has 3 rings (SSSR count). The Morgan fingerprint density at radius 2 is 1.53 bits per heavy atom. The number of aromatic nitrogens is 1. The molecule has 3 amide bonds. The molecule has 0 aliphatic carbocycles. The van der Waals surface area contributed by atoms with Crippen LogP contribution in [0.2, 0.25) is 0 Å². The molecule has 0 unspecified atom stereocenters. The number of amides is 3. The van der Waals surface area contributed by atoms with E-state index in [1.165, 1.54) is 0 Å². The van der Waals surface area contributed by atoms with Gasteiger partial charge in [0, 0.05) is 30.7 Å². The lowest BCUT2D eigenvalue weighted by Gasteiger charge is -2.10. The summed E-state index contributed by atoms with van der Waals surface area (Å²) in [4.78, 5) is 28.5. The minimum absolute atomic E-state index is 0.166. The number of carbonyl (C=O) groups is 2. The van der Waals surface area contributed by atoms with E-state index in [1.807, 2.05) is 36.4 Å². The van der Waals surface area contributed by atoms with Gasteiger partial charge in [-0.3, -0.25) is 9.78 Å². The van der Waals surface area contributed by atoms with E-state index in [-0.39, 0.29) is 11.9 Å². The number of pyridine rings is 1. The quantitative estimate of drug-likeness (QED) is 0.560. The largest absolute Gasteiger partial charge is 0.497 e. The summed E-state index contributed by atoms with van der Waals surface area (Å²) in [6, 6.07) is 18.0. The first-order chi connectivity index (χ1) is 14.5. The normalized spacial score (nSPS) is 10.2. The Labute approximate surface area is 175 Å². The first-order valence-corrected chi connectivity index (χ1v) is 9.51.